The molecular weight excluding hydrogens is 178 g/mol. The van der Waals surface area contributed by atoms with Crippen molar-refractivity contribution in [3.63, 3.8) is 0 Å². The largest absolute Gasteiger partial charge is 0.317 e. The third-order valence-corrected chi connectivity index (χ3v) is 3.31. The summed E-state index contributed by atoms with van der Waals surface area (Å²) in [6, 6.07) is 0. The van der Waals surface area contributed by atoms with Crippen molar-refractivity contribution in [3.8, 4) is 0 Å². The fourth-order valence-electron chi connectivity index (χ4n) is 1.54. The van der Waals surface area contributed by atoms with Crippen LogP contribution in [-0.2, 0) is 0 Å². The normalized spacial score (nSPS) is 16.4. The molecule has 0 heterocycles. The second-order valence-corrected chi connectivity index (χ2v) is 5.02. The van der Waals surface area contributed by atoms with E-state index in [9.17, 15) is 0 Å². The Kier molecular flexibility index (Phi) is 6.73. The number of thioether (sulfide) groups is 1. The Bertz CT molecular complexity index is 113. The van der Waals surface area contributed by atoms with Crippen molar-refractivity contribution < 1.29 is 0 Å². The smallest absolute Gasteiger partial charge is 0.00486 e. The molecule has 1 aliphatic carbocycles. The van der Waals surface area contributed by atoms with E-state index >= 15 is 0 Å². The topological polar surface area (TPSA) is 12.0 Å². The number of nitrogens with one attached hydrogen (secondary N) is 1. The highest BCUT2D eigenvalue weighted by molar-refractivity contribution is 7.98. The number of hydrogen-bond acceptors (Lipinski definition) is 2. The Hall–Kier alpha value is 0.310. The molecule has 2 heteroatoms. The van der Waals surface area contributed by atoms with Gasteiger partial charge in [-0.25, -0.2) is 0 Å². The van der Waals surface area contributed by atoms with Crippen LogP contribution in [-0.4, -0.2) is 25.1 Å². The van der Waals surface area contributed by atoms with Crippen molar-refractivity contribution in [2.75, 3.05) is 25.1 Å². The first-order valence-electron chi connectivity index (χ1n) is 5.63. The molecule has 0 aromatic carbocycles. The van der Waals surface area contributed by atoms with Gasteiger partial charge in [-0.3, -0.25) is 0 Å². The van der Waals surface area contributed by atoms with E-state index in [1.54, 1.807) is 0 Å². The molecule has 1 nitrogen and oxygen atoms in total. The highest BCUT2D eigenvalue weighted by Crippen LogP contribution is 2.33. The molecule has 0 unspecified atom stereocenters. The lowest BCUT2D eigenvalue weighted by Crippen LogP contribution is -2.16. The second-order valence-electron chi connectivity index (χ2n) is 4.04. The second kappa shape index (κ2) is 7.69. The summed E-state index contributed by atoms with van der Waals surface area (Å²) < 4.78 is 0. The molecule has 0 atom stereocenters. The van der Waals surface area contributed by atoms with Gasteiger partial charge in [-0.15, -0.1) is 0 Å². The van der Waals surface area contributed by atoms with Gasteiger partial charge in [-0.2, -0.15) is 11.8 Å². The van der Waals surface area contributed by atoms with Gasteiger partial charge in [0.05, 0.1) is 0 Å². The third-order valence-electron chi connectivity index (χ3n) is 2.61. The maximum Gasteiger partial charge on any atom is -0.00486 e. The average Bonchev–Trinajstić information content (AvgIpc) is 2.93. The van der Waals surface area contributed by atoms with Gasteiger partial charge < -0.3 is 5.32 Å². The first-order valence-corrected chi connectivity index (χ1v) is 7.02. The predicted octanol–water partition coefficient (Wildman–Crippen LogP) is 2.91. The Labute approximate surface area is 87.1 Å². The summed E-state index contributed by atoms with van der Waals surface area (Å²) in [4.78, 5) is 0. The highest BCUT2D eigenvalue weighted by Gasteiger charge is 2.19. The van der Waals surface area contributed by atoms with Crippen LogP contribution < -0.4 is 5.32 Å². The van der Waals surface area contributed by atoms with E-state index in [0.29, 0.717) is 0 Å². The fraction of sp³-hybridized carbons (Fsp3) is 1.00. The first kappa shape index (κ1) is 11.4. The maximum absolute atomic E-state index is 3.52. The zero-order valence-corrected chi connectivity index (χ0v) is 9.67. The van der Waals surface area contributed by atoms with Gasteiger partial charge in [-0.1, -0.05) is 12.8 Å². The van der Waals surface area contributed by atoms with Crippen LogP contribution in [0.4, 0.5) is 0 Å². The van der Waals surface area contributed by atoms with E-state index in [4.69, 9.17) is 0 Å². The van der Waals surface area contributed by atoms with Crippen LogP contribution in [0.25, 0.3) is 0 Å². The molecule has 0 saturated heterocycles. The van der Waals surface area contributed by atoms with Gasteiger partial charge >= 0.3 is 0 Å². The monoisotopic (exact) mass is 201 g/mol. The van der Waals surface area contributed by atoms with E-state index in [1.807, 2.05) is 11.8 Å². The van der Waals surface area contributed by atoms with Crippen LogP contribution in [0.15, 0.2) is 0 Å². The standard InChI is InChI=1S/C11H23NS/c1-13-10-3-2-8-12-9-4-5-11-6-7-11/h11-12H,2-10H2,1H3. The van der Waals surface area contributed by atoms with Gasteiger partial charge in [0.2, 0.25) is 0 Å². The van der Waals surface area contributed by atoms with Crippen LogP contribution in [0, 0.1) is 5.92 Å². The Morgan fingerprint density at radius 3 is 2.62 bits per heavy atom. The summed E-state index contributed by atoms with van der Waals surface area (Å²) in [5.41, 5.74) is 0. The molecule has 1 rings (SSSR count). The molecule has 0 spiro atoms. The third kappa shape index (κ3) is 7.39. The Morgan fingerprint density at radius 1 is 1.15 bits per heavy atom. The molecule has 78 valence electrons. The zero-order chi connectivity index (χ0) is 9.36. The molecule has 1 saturated carbocycles. The van der Waals surface area contributed by atoms with Gasteiger partial charge in [0.15, 0.2) is 0 Å². The van der Waals surface area contributed by atoms with Crippen molar-refractivity contribution in [1.82, 2.24) is 5.32 Å². The quantitative estimate of drug-likeness (QED) is 0.576. The SMILES string of the molecule is CSCCCCNCCCC1CC1. The summed E-state index contributed by atoms with van der Waals surface area (Å²) in [7, 11) is 0. The Balaban J connectivity index is 1.63. The van der Waals surface area contributed by atoms with Crippen molar-refractivity contribution in [2.45, 2.75) is 38.5 Å². The summed E-state index contributed by atoms with van der Waals surface area (Å²) >= 11 is 1.95. The molecule has 0 radical (unpaired) electrons. The minimum Gasteiger partial charge on any atom is -0.317 e. The number of unbranched alkanes of at least 4 members (excludes halogenated alkanes) is 1. The zero-order valence-electron chi connectivity index (χ0n) is 8.85. The highest BCUT2D eigenvalue weighted by atomic mass is 32.2. The molecule has 0 aromatic rings. The van der Waals surface area contributed by atoms with Crippen molar-refractivity contribution in [3.05, 3.63) is 0 Å². The summed E-state index contributed by atoms with van der Waals surface area (Å²) in [6.07, 6.45) is 10.8. The molecule has 13 heavy (non-hydrogen) atoms. The minimum absolute atomic E-state index is 1.11. The molecule has 1 fully saturated rings. The lowest BCUT2D eigenvalue weighted by Gasteiger charge is -2.03. The number of rotatable bonds is 9. The number of hydrogen-bond donors (Lipinski definition) is 1. The van der Waals surface area contributed by atoms with Gasteiger partial charge in [0.25, 0.3) is 0 Å². The van der Waals surface area contributed by atoms with E-state index in [-0.39, 0.29) is 0 Å². The van der Waals surface area contributed by atoms with E-state index < -0.39 is 0 Å². The summed E-state index contributed by atoms with van der Waals surface area (Å²) in [6.45, 7) is 2.47. The first-order chi connectivity index (χ1) is 6.43. The van der Waals surface area contributed by atoms with Gasteiger partial charge in [0.1, 0.15) is 0 Å². The van der Waals surface area contributed by atoms with E-state index in [1.165, 1.54) is 57.4 Å². The fourth-order valence-corrected chi connectivity index (χ4v) is 2.04. The molecule has 0 aliphatic heterocycles. The molecular formula is C11H23NS. The molecule has 0 amide bonds. The summed E-state index contributed by atoms with van der Waals surface area (Å²) in [5, 5.41) is 3.52. The van der Waals surface area contributed by atoms with Gasteiger partial charge in [0, 0.05) is 0 Å². The van der Waals surface area contributed by atoms with Crippen LogP contribution in [0.2, 0.25) is 0 Å². The lowest BCUT2D eigenvalue weighted by molar-refractivity contribution is 0.579. The molecule has 0 aromatic heterocycles. The van der Waals surface area contributed by atoms with E-state index in [2.05, 4.69) is 11.6 Å². The molecule has 1 N–H and O–H groups in total. The van der Waals surface area contributed by atoms with Crippen molar-refractivity contribution >= 4 is 11.8 Å². The van der Waals surface area contributed by atoms with Crippen LogP contribution in [0.1, 0.15) is 38.5 Å². The van der Waals surface area contributed by atoms with Crippen LogP contribution >= 0.6 is 11.8 Å². The van der Waals surface area contributed by atoms with Crippen LogP contribution in [0.5, 0.6) is 0 Å². The average molecular weight is 201 g/mol. The maximum atomic E-state index is 3.52. The van der Waals surface area contributed by atoms with E-state index in [0.717, 1.165) is 5.92 Å². The Morgan fingerprint density at radius 2 is 1.92 bits per heavy atom. The van der Waals surface area contributed by atoms with Gasteiger partial charge in [-0.05, 0) is 56.7 Å². The van der Waals surface area contributed by atoms with Crippen molar-refractivity contribution in [2.24, 2.45) is 5.92 Å². The lowest BCUT2D eigenvalue weighted by atomic mass is 10.2. The minimum atomic E-state index is 1.11. The molecule has 0 bridgehead atoms. The predicted molar refractivity (Wildman–Crippen MR) is 62.4 cm³/mol. The van der Waals surface area contributed by atoms with Crippen LogP contribution in [0.3, 0.4) is 0 Å². The van der Waals surface area contributed by atoms with Crippen molar-refractivity contribution in [1.29, 1.82) is 0 Å². The summed E-state index contributed by atoms with van der Waals surface area (Å²) in [5.74, 6) is 2.43. The molecule has 1 aliphatic rings.